The minimum Gasteiger partial charge on any atom is -0.321 e. The van der Waals surface area contributed by atoms with Crippen LogP contribution >= 0.6 is 0 Å². The van der Waals surface area contributed by atoms with Crippen molar-refractivity contribution in [1.29, 1.82) is 0 Å². The Balaban J connectivity index is 2.13. The van der Waals surface area contributed by atoms with E-state index in [2.05, 4.69) is 37.3 Å². The molecule has 0 bridgehead atoms. The van der Waals surface area contributed by atoms with Gasteiger partial charge in [0.25, 0.3) is 0 Å². The van der Waals surface area contributed by atoms with Crippen molar-refractivity contribution in [2.45, 2.75) is 45.1 Å². The number of benzene rings is 1. The summed E-state index contributed by atoms with van der Waals surface area (Å²) in [7, 11) is 0. The van der Waals surface area contributed by atoms with Gasteiger partial charge in [0, 0.05) is 0 Å². The molecule has 86 valence electrons. The normalized spacial score (nSPS) is 18.0. The second-order valence-corrected chi connectivity index (χ2v) is 4.60. The van der Waals surface area contributed by atoms with E-state index in [1.54, 1.807) is 0 Å². The molecule has 2 N–H and O–H groups in total. The van der Waals surface area contributed by atoms with Gasteiger partial charge in [-0.15, -0.1) is 0 Å². The maximum Gasteiger partial charge on any atom is 0.0510 e. The van der Waals surface area contributed by atoms with Crippen LogP contribution in [0.3, 0.4) is 0 Å². The Morgan fingerprint density at radius 2 is 1.94 bits per heavy atom. The van der Waals surface area contributed by atoms with E-state index in [4.69, 9.17) is 5.73 Å². The van der Waals surface area contributed by atoms with Crippen LogP contribution in [0.1, 0.15) is 49.8 Å². The van der Waals surface area contributed by atoms with E-state index in [0.717, 1.165) is 6.42 Å². The molecule has 1 atom stereocenters. The molecule has 0 saturated carbocycles. The second kappa shape index (κ2) is 5.31. The number of hydrogen-bond donors (Lipinski definition) is 1. The molecule has 0 saturated heterocycles. The van der Waals surface area contributed by atoms with Crippen LogP contribution in [0.15, 0.2) is 35.9 Å². The predicted molar refractivity (Wildman–Crippen MR) is 69.3 cm³/mol. The molecular formula is C15H21N. The molecule has 1 heteroatoms. The number of hydrogen-bond acceptors (Lipinski definition) is 1. The van der Waals surface area contributed by atoms with Gasteiger partial charge < -0.3 is 5.73 Å². The fourth-order valence-electron chi connectivity index (χ4n) is 2.32. The highest BCUT2D eigenvalue weighted by Crippen LogP contribution is 2.28. The Morgan fingerprint density at radius 3 is 2.50 bits per heavy atom. The summed E-state index contributed by atoms with van der Waals surface area (Å²) in [4.78, 5) is 0. The van der Waals surface area contributed by atoms with Gasteiger partial charge in [0.05, 0.1) is 6.04 Å². The predicted octanol–water partition coefficient (Wildman–Crippen LogP) is 3.75. The molecule has 1 aromatic rings. The van der Waals surface area contributed by atoms with Gasteiger partial charge in [0.1, 0.15) is 0 Å². The van der Waals surface area contributed by atoms with Crippen LogP contribution in [0, 0.1) is 0 Å². The zero-order valence-corrected chi connectivity index (χ0v) is 10.1. The number of aryl methyl sites for hydroxylation is 1. The Morgan fingerprint density at radius 1 is 1.19 bits per heavy atom. The summed E-state index contributed by atoms with van der Waals surface area (Å²) < 4.78 is 0. The third-order valence-corrected chi connectivity index (χ3v) is 3.47. The molecule has 1 aliphatic carbocycles. The first kappa shape index (κ1) is 11.4. The lowest BCUT2D eigenvalue weighted by Crippen LogP contribution is -2.14. The van der Waals surface area contributed by atoms with Crippen molar-refractivity contribution in [2.24, 2.45) is 5.73 Å². The maximum absolute atomic E-state index is 6.29. The standard InChI is InChI=1S/C15H21N/c1-2-12-8-10-14(11-9-12)15(16)13-6-4-3-5-7-13/h6,8-11,15H,2-5,7,16H2,1H3. The zero-order valence-electron chi connectivity index (χ0n) is 10.1. The number of nitrogens with two attached hydrogens (primary N) is 1. The van der Waals surface area contributed by atoms with Crippen molar-refractivity contribution >= 4 is 0 Å². The Bertz CT molecular complexity index is 362. The fraction of sp³-hybridized carbons (Fsp3) is 0.467. The zero-order chi connectivity index (χ0) is 11.4. The molecule has 1 aliphatic rings. The lowest BCUT2D eigenvalue weighted by atomic mass is 9.90. The summed E-state index contributed by atoms with van der Waals surface area (Å²) in [6.07, 6.45) is 8.43. The van der Waals surface area contributed by atoms with E-state index in [1.807, 2.05) is 0 Å². The first-order chi connectivity index (χ1) is 7.81. The third-order valence-electron chi connectivity index (χ3n) is 3.47. The first-order valence-electron chi connectivity index (χ1n) is 6.34. The fourth-order valence-corrected chi connectivity index (χ4v) is 2.32. The number of allylic oxidation sites excluding steroid dienone is 1. The van der Waals surface area contributed by atoms with Crippen LogP contribution in [0.4, 0.5) is 0 Å². The van der Waals surface area contributed by atoms with Gasteiger partial charge in [0.15, 0.2) is 0 Å². The van der Waals surface area contributed by atoms with Crippen LogP contribution in [-0.4, -0.2) is 0 Å². The Labute approximate surface area is 98.4 Å². The van der Waals surface area contributed by atoms with E-state index in [1.165, 1.54) is 42.4 Å². The highest BCUT2D eigenvalue weighted by atomic mass is 14.6. The molecule has 1 aromatic carbocycles. The molecule has 0 fully saturated rings. The third kappa shape index (κ3) is 2.53. The van der Waals surface area contributed by atoms with Gasteiger partial charge in [-0.2, -0.15) is 0 Å². The quantitative estimate of drug-likeness (QED) is 0.763. The lowest BCUT2D eigenvalue weighted by molar-refractivity contribution is 0.648. The largest absolute Gasteiger partial charge is 0.321 e. The van der Waals surface area contributed by atoms with Gasteiger partial charge in [-0.3, -0.25) is 0 Å². The van der Waals surface area contributed by atoms with E-state index in [9.17, 15) is 0 Å². The molecule has 0 aromatic heterocycles. The van der Waals surface area contributed by atoms with Crippen LogP contribution in [-0.2, 0) is 6.42 Å². The van der Waals surface area contributed by atoms with Crippen molar-refractivity contribution in [3.63, 3.8) is 0 Å². The van der Waals surface area contributed by atoms with Gasteiger partial charge in [-0.1, -0.05) is 42.8 Å². The van der Waals surface area contributed by atoms with Gasteiger partial charge in [-0.05, 0) is 43.2 Å². The summed E-state index contributed by atoms with van der Waals surface area (Å²) in [6.45, 7) is 2.18. The minimum absolute atomic E-state index is 0.117. The molecular weight excluding hydrogens is 194 g/mol. The Hall–Kier alpha value is -1.08. The second-order valence-electron chi connectivity index (χ2n) is 4.60. The lowest BCUT2D eigenvalue weighted by Gasteiger charge is -2.20. The molecule has 2 rings (SSSR count). The average Bonchev–Trinajstić information content (AvgIpc) is 2.39. The smallest absolute Gasteiger partial charge is 0.0510 e. The minimum atomic E-state index is 0.117. The van der Waals surface area contributed by atoms with E-state index in [-0.39, 0.29) is 6.04 Å². The maximum atomic E-state index is 6.29. The molecule has 0 amide bonds. The molecule has 0 heterocycles. The van der Waals surface area contributed by atoms with Crippen LogP contribution in [0.25, 0.3) is 0 Å². The van der Waals surface area contributed by atoms with Crippen LogP contribution in [0.2, 0.25) is 0 Å². The van der Waals surface area contributed by atoms with Crippen molar-refractivity contribution in [1.82, 2.24) is 0 Å². The first-order valence-corrected chi connectivity index (χ1v) is 6.34. The average molecular weight is 215 g/mol. The van der Waals surface area contributed by atoms with Crippen molar-refractivity contribution in [2.75, 3.05) is 0 Å². The molecule has 0 radical (unpaired) electrons. The van der Waals surface area contributed by atoms with Gasteiger partial charge in [-0.25, -0.2) is 0 Å². The molecule has 0 aliphatic heterocycles. The van der Waals surface area contributed by atoms with Gasteiger partial charge in [0.2, 0.25) is 0 Å². The highest BCUT2D eigenvalue weighted by molar-refractivity contribution is 5.31. The van der Waals surface area contributed by atoms with Gasteiger partial charge >= 0.3 is 0 Å². The molecule has 1 nitrogen and oxygen atoms in total. The van der Waals surface area contributed by atoms with Crippen molar-refractivity contribution in [3.05, 3.63) is 47.0 Å². The Kier molecular flexibility index (Phi) is 3.79. The van der Waals surface area contributed by atoms with E-state index in [0.29, 0.717) is 0 Å². The summed E-state index contributed by atoms with van der Waals surface area (Å²) >= 11 is 0. The number of rotatable bonds is 3. The summed E-state index contributed by atoms with van der Waals surface area (Å²) in [5.74, 6) is 0. The summed E-state index contributed by atoms with van der Waals surface area (Å²) in [5, 5.41) is 0. The van der Waals surface area contributed by atoms with Crippen molar-refractivity contribution in [3.8, 4) is 0 Å². The molecule has 16 heavy (non-hydrogen) atoms. The SMILES string of the molecule is CCc1ccc(C(N)C2=CCCCC2)cc1. The van der Waals surface area contributed by atoms with Crippen LogP contribution in [0.5, 0.6) is 0 Å². The van der Waals surface area contributed by atoms with Crippen LogP contribution < -0.4 is 5.73 Å². The van der Waals surface area contributed by atoms with E-state index >= 15 is 0 Å². The summed E-state index contributed by atoms with van der Waals surface area (Å²) in [5.41, 5.74) is 10.4. The monoisotopic (exact) mass is 215 g/mol. The highest BCUT2D eigenvalue weighted by Gasteiger charge is 2.13. The topological polar surface area (TPSA) is 26.0 Å². The van der Waals surface area contributed by atoms with Crippen molar-refractivity contribution < 1.29 is 0 Å². The molecule has 0 spiro atoms. The summed E-state index contributed by atoms with van der Waals surface area (Å²) in [6, 6.07) is 8.86. The van der Waals surface area contributed by atoms with E-state index < -0.39 is 0 Å². The molecule has 1 unspecified atom stereocenters.